The maximum absolute atomic E-state index is 13.0. The van der Waals surface area contributed by atoms with Gasteiger partial charge in [-0.15, -0.1) is 0 Å². The van der Waals surface area contributed by atoms with Crippen molar-refractivity contribution in [2.75, 3.05) is 20.8 Å². The molecule has 2 N–H and O–H groups in total. The largest absolute Gasteiger partial charge is 0.493 e. The first-order chi connectivity index (χ1) is 18.9. The number of methoxy groups -OCH3 is 2. The zero-order valence-electron chi connectivity index (χ0n) is 21.1. The number of benzene rings is 4. The van der Waals surface area contributed by atoms with Gasteiger partial charge in [0.25, 0.3) is 11.8 Å². The Morgan fingerprint density at radius 2 is 1.59 bits per heavy atom. The van der Waals surface area contributed by atoms with E-state index in [1.807, 2.05) is 30.3 Å². The van der Waals surface area contributed by atoms with Crippen molar-refractivity contribution in [3.05, 3.63) is 101 Å². The third kappa shape index (κ3) is 6.52. The average Bonchev–Trinajstić information content (AvgIpc) is 2.96. The molecule has 2 amide bonds. The van der Waals surface area contributed by atoms with Gasteiger partial charge in [-0.05, 0) is 47.2 Å². The Balaban J connectivity index is 1.50. The monoisotopic (exact) mass is 545 g/mol. The van der Waals surface area contributed by atoms with Gasteiger partial charge in [0.2, 0.25) is 0 Å². The highest BCUT2D eigenvalue weighted by Crippen LogP contribution is 2.30. The summed E-state index contributed by atoms with van der Waals surface area (Å²) in [6.45, 7) is -0.321. The van der Waals surface area contributed by atoms with Crippen molar-refractivity contribution in [2.24, 2.45) is 5.10 Å². The van der Waals surface area contributed by atoms with Crippen molar-refractivity contribution in [3.63, 3.8) is 0 Å². The van der Waals surface area contributed by atoms with Crippen LogP contribution >= 0.6 is 11.6 Å². The fraction of sp³-hybridized carbons (Fsp3) is 0.103. The molecular formula is C29H24ClN3O6. The molecule has 0 aliphatic rings. The quantitative estimate of drug-likeness (QED) is 0.137. The smallest absolute Gasteiger partial charge is 0.343 e. The van der Waals surface area contributed by atoms with Crippen LogP contribution in [0.5, 0.6) is 17.2 Å². The molecule has 4 aromatic carbocycles. The first kappa shape index (κ1) is 27.2. The predicted molar refractivity (Wildman–Crippen MR) is 148 cm³/mol. The molecule has 0 saturated carbocycles. The van der Waals surface area contributed by atoms with E-state index < -0.39 is 17.8 Å². The molecule has 0 spiro atoms. The highest BCUT2D eigenvalue weighted by atomic mass is 35.5. The molecule has 0 atom stereocenters. The summed E-state index contributed by atoms with van der Waals surface area (Å²) < 4.78 is 16.2. The lowest BCUT2D eigenvalue weighted by atomic mass is 10.0. The number of carbonyl (C=O) groups is 3. The summed E-state index contributed by atoms with van der Waals surface area (Å²) >= 11 is 6.02. The SMILES string of the molecule is COc1ccc(C(=O)Oc2ccc3ccccc3c2C=NNC(=O)CNC(=O)c2ccccc2Cl)cc1OC. The molecular weight excluding hydrogens is 522 g/mol. The van der Waals surface area contributed by atoms with Gasteiger partial charge in [-0.1, -0.05) is 54.1 Å². The van der Waals surface area contributed by atoms with Crippen LogP contribution in [0, 0.1) is 0 Å². The molecule has 0 aliphatic carbocycles. The van der Waals surface area contributed by atoms with Gasteiger partial charge in [0.1, 0.15) is 5.75 Å². The summed E-state index contributed by atoms with van der Waals surface area (Å²) in [4.78, 5) is 37.5. The van der Waals surface area contributed by atoms with Crippen LogP contribution in [0.15, 0.2) is 84.0 Å². The van der Waals surface area contributed by atoms with E-state index in [1.165, 1.54) is 26.5 Å². The van der Waals surface area contributed by atoms with Gasteiger partial charge in [-0.3, -0.25) is 9.59 Å². The Labute approximate surface area is 229 Å². The van der Waals surface area contributed by atoms with Crippen molar-refractivity contribution in [1.29, 1.82) is 0 Å². The lowest BCUT2D eigenvalue weighted by Crippen LogP contribution is -2.35. The Kier molecular flexibility index (Phi) is 8.75. The van der Waals surface area contributed by atoms with E-state index in [9.17, 15) is 14.4 Å². The molecule has 39 heavy (non-hydrogen) atoms. The van der Waals surface area contributed by atoms with Crippen molar-refractivity contribution >= 4 is 46.4 Å². The molecule has 0 unspecified atom stereocenters. The summed E-state index contributed by atoms with van der Waals surface area (Å²) in [6.07, 6.45) is 1.38. The van der Waals surface area contributed by atoms with Crippen molar-refractivity contribution in [3.8, 4) is 17.2 Å². The zero-order chi connectivity index (χ0) is 27.8. The number of hydrazone groups is 1. The molecule has 0 aliphatic heterocycles. The third-order valence-corrected chi connectivity index (χ3v) is 5.99. The number of hydrogen-bond acceptors (Lipinski definition) is 7. The van der Waals surface area contributed by atoms with Gasteiger partial charge in [0.05, 0.1) is 43.1 Å². The standard InChI is InChI=1S/C29H24ClN3O6/c1-37-25-14-12-19(15-26(25)38-2)29(36)39-24-13-11-18-7-3-4-8-20(18)22(24)16-32-33-27(34)17-31-28(35)21-9-5-6-10-23(21)30/h3-16H,17H2,1-2H3,(H,31,35)(H,33,34). The number of ether oxygens (including phenoxy) is 3. The Bertz CT molecular complexity index is 1570. The number of rotatable bonds is 9. The molecule has 0 radical (unpaired) electrons. The summed E-state index contributed by atoms with van der Waals surface area (Å²) in [7, 11) is 2.98. The van der Waals surface area contributed by atoms with Crippen molar-refractivity contribution in [2.45, 2.75) is 0 Å². The number of carbonyl (C=O) groups excluding carboxylic acids is 3. The highest BCUT2D eigenvalue weighted by molar-refractivity contribution is 6.33. The number of amides is 2. The van der Waals surface area contributed by atoms with Crippen LogP contribution in [0.2, 0.25) is 5.02 Å². The number of esters is 1. The number of fused-ring (bicyclic) bond motifs is 1. The second kappa shape index (κ2) is 12.6. The predicted octanol–water partition coefficient (Wildman–Crippen LogP) is 4.61. The van der Waals surface area contributed by atoms with Crippen LogP contribution in [0.25, 0.3) is 10.8 Å². The second-order valence-corrected chi connectivity index (χ2v) is 8.52. The lowest BCUT2D eigenvalue weighted by molar-refractivity contribution is -0.120. The van der Waals surface area contributed by atoms with Crippen molar-refractivity contribution < 1.29 is 28.6 Å². The van der Waals surface area contributed by atoms with Gasteiger partial charge in [-0.2, -0.15) is 5.10 Å². The van der Waals surface area contributed by atoms with E-state index in [2.05, 4.69) is 15.8 Å². The molecule has 4 aromatic rings. The van der Waals surface area contributed by atoms with Gasteiger partial charge in [0, 0.05) is 5.56 Å². The van der Waals surface area contributed by atoms with E-state index in [4.69, 9.17) is 25.8 Å². The van der Waals surface area contributed by atoms with Crippen LogP contribution in [-0.4, -0.2) is 44.8 Å². The first-order valence-electron chi connectivity index (χ1n) is 11.7. The third-order valence-electron chi connectivity index (χ3n) is 5.66. The van der Waals surface area contributed by atoms with Crippen molar-refractivity contribution in [1.82, 2.24) is 10.7 Å². The topological polar surface area (TPSA) is 115 Å². The second-order valence-electron chi connectivity index (χ2n) is 8.11. The van der Waals surface area contributed by atoms with E-state index in [0.717, 1.165) is 10.8 Å². The van der Waals surface area contributed by atoms with Crippen LogP contribution in [0.1, 0.15) is 26.3 Å². The van der Waals surface area contributed by atoms with E-state index in [-0.39, 0.29) is 28.4 Å². The summed E-state index contributed by atoms with van der Waals surface area (Å²) in [5.74, 6) is -0.567. The summed E-state index contributed by atoms with van der Waals surface area (Å²) in [5.41, 5.74) is 3.36. The first-order valence-corrected chi connectivity index (χ1v) is 12.1. The molecule has 0 heterocycles. The molecule has 198 valence electrons. The van der Waals surface area contributed by atoms with Crippen LogP contribution in [0.3, 0.4) is 0 Å². The number of nitrogens with one attached hydrogen (secondary N) is 2. The minimum atomic E-state index is -0.618. The molecule has 4 rings (SSSR count). The fourth-order valence-corrected chi connectivity index (χ4v) is 3.95. The van der Waals surface area contributed by atoms with Gasteiger partial charge in [0.15, 0.2) is 11.5 Å². The van der Waals surface area contributed by atoms with Gasteiger partial charge in [-0.25, -0.2) is 10.2 Å². The maximum Gasteiger partial charge on any atom is 0.343 e. The van der Waals surface area contributed by atoms with Crippen LogP contribution < -0.4 is 25.0 Å². The number of hydrogen-bond donors (Lipinski definition) is 2. The minimum Gasteiger partial charge on any atom is -0.493 e. The summed E-state index contributed by atoms with van der Waals surface area (Å²) in [5, 5.41) is 8.42. The molecule has 0 fully saturated rings. The maximum atomic E-state index is 13.0. The highest BCUT2D eigenvalue weighted by Gasteiger charge is 2.16. The molecule has 0 bridgehead atoms. The van der Waals surface area contributed by atoms with Crippen LogP contribution in [-0.2, 0) is 4.79 Å². The Morgan fingerprint density at radius 1 is 0.872 bits per heavy atom. The van der Waals surface area contributed by atoms with E-state index >= 15 is 0 Å². The molecule has 10 heteroatoms. The Morgan fingerprint density at radius 3 is 2.36 bits per heavy atom. The molecule has 0 saturated heterocycles. The average molecular weight is 546 g/mol. The van der Waals surface area contributed by atoms with Gasteiger partial charge < -0.3 is 19.5 Å². The zero-order valence-corrected chi connectivity index (χ0v) is 21.8. The fourth-order valence-electron chi connectivity index (χ4n) is 3.73. The molecule has 0 aromatic heterocycles. The van der Waals surface area contributed by atoms with E-state index in [0.29, 0.717) is 17.1 Å². The number of nitrogens with zero attached hydrogens (tertiary/aromatic N) is 1. The lowest BCUT2D eigenvalue weighted by Gasteiger charge is -2.12. The summed E-state index contributed by atoms with van der Waals surface area (Å²) in [6, 6.07) is 22.1. The van der Waals surface area contributed by atoms with E-state index in [1.54, 1.807) is 42.5 Å². The molecule has 9 nitrogen and oxygen atoms in total. The van der Waals surface area contributed by atoms with Crippen LogP contribution in [0.4, 0.5) is 0 Å². The number of halogens is 1. The minimum absolute atomic E-state index is 0.235. The normalized spacial score (nSPS) is 10.7. The Hall–Kier alpha value is -4.89. The van der Waals surface area contributed by atoms with Gasteiger partial charge >= 0.3 is 5.97 Å².